The molecule has 0 saturated heterocycles. The van der Waals surface area contributed by atoms with E-state index in [1.807, 2.05) is 12.3 Å². The molecule has 0 atom stereocenters. The van der Waals surface area contributed by atoms with E-state index in [2.05, 4.69) is 68.8 Å². The Morgan fingerprint density at radius 1 is 1.03 bits per heavy atom. The SMILES string of the molecule is O=C(NCC1(c2cccc(-c3ncnc4[nH]ccc34)c2)Cc2ccccc2C1)C1CCC1. The number of hydrogen-bond acceptors (Lipinski definition) is 3. The molecule has 2 aliphatic carbocycles. The molecule has 2 heterocycles. The van der Waals surface area contributed by atoms with Crippen molar-refractivity contribution < 1.29 is 4.79 Å². The number of nitrogens with one attached hydrogen (secondary N) is 2. The summed E-state index contributed by atoms with van der Waals surface area (Å²) in [6.07, 6.45) is 8.59. The summed E-state index contributed by atoms with van der Waals surface area (Å²) < 4.78 is 0. The van der Waals surface area contributed by atoms with Gasteiger partial charge in [-0.15, -0.1) is 0 Å². The van der Waals surface area contributed by atoms with Crippen LogP contribution in [0, 0.1) is 5.92 Å². The normalized spacial score (nSPS) is 17.1. The van der Waals surface area contributed by atoms with Gasteiger partial charge in [0.1, 0.15) is 12.0 Å². The fourth-order valence-electron chi connectivity index (χ4n) is 5.30. The van der Waals surface area contributed by atoms with Crippen molar-refractivity contribution in [2.75, 3.05) is 6.54 Å². The summed E-state index contributed by atoms with van der Waals surface area (Å²) in [6, 6.07) is 19.4. The average Bonchev–Trinajstić information content (AvgIpc) is 3.41. The van der Waals surface area contributed by atoms with E-state index in [1.165, 1.54) is 23.1 Å². The number of benzene rings is 2. The Morgan fingerprint density at radius 2 is 1.84 bits per heavy atom. The summed E-state index contributed by atoms with van der Waals surface area (Å²) in [5.41, 5.74) is 6.72. The van der Waals surface area contributed by atoms with Gasteiger partial charge >= 0.3 is 0 Å². The summed E-state index contributed by atoms with van der Waals surface area (Å²) in [5.74, 6) is 0.414. The largest absolute Gasteiger partial charge is 0.355 e. The second kappa shape index (κ2) is 7.59. The standard InChI is InChI=1S/C27H26N4O/c32-26(18-7-3-8-18)29-16-27(14-20-5-1-2-6-21(20)15-27)22-10-4-9-19(13-22)24-23-11-12-28-25(23)31-17-30-24/h1-2,4-6,9-13,17-18H,3,7-8,14-16H2,(H,29,32)(H,28,30,31). The molecule has 1 fully saturated rings. The summed E-state index contributed by atoms with van der Waals surface area (Å²) in [5, 5.41) is 4.34. The molecule has 6 rings (SSSR count). The predicted octanol–water partition coefficient (Wildman–Crippen LogP) is 4.58. The van der Waals surface area contributed by atoms with Crippen LogP contribution in [0.25, 0.3) is 22.3 Å². The molecule has 0 unspecified atom stereocenters. The van der Waals surface area contributed by atoms with Crippen molar-refractivity contribution in [3.63, 3.8) is 0 Å². The smallest absolute Gasteiger partial charge is 0.223 e. The lowest BCUT2D eigenvalue weighted by Gasteiger charge is -2.32. The highest BCUT2D eigenvalue weighted by Crippen LogP contribution is 2.41. The monoisotopic (exact) mass is 422 g/mol. The third-order valence-electron chi connectivity index (χ3n) is 7.36. The Balaban J connectivity index is 1.39. The molecule has 5 nitrogen and oxygen atoms in total. The topological polar surface area (TPSA) is 70.7 Å². The molecule has 0 spiro atoms. The van der Waals surface area contributed by atoms with Gasteiger partial charge in [-0.05, 0) is 54.5 Å². The van der Waals surface area contributed by atoms with Gasteiger partial charge in [-0.3, -0.25) is 4.79 Å². The van der Waals surface area contributed by atoms with Gasteiger partial charge in [-0.1, -0.05) is 48.9 Å². The van der Waals surface area contributed by atoms with Crippen molar-refractivity contribution in [3.8, 4) is 11.3 Å². The number of aromatic nitrogens is 3. The molecule has 4 aromatic rings. The number of carbonyl (C=O) groups excluding carboxylic acids is 1. The Kier molecular flexibility index (Phi) is 4.56. The molecule has 1 amide bonds. The first kappa shape index (κ1) is 19.2. The van der Waals surface area contributed by atoms with Gasteiger partial charge in [0.25, 0.3) is 0 Å². The average molecular weight is 423 g/mol. The number of rotatable bonds is 5. The quantitative estimate of drug-likeness (QED) is 0.495. The van der Waals surface area contributed by atoms with E-state index in [1.54, 1.807) is 6.33 Å². The third-order valence-corrected chi connectivity index (χ3v) is 7.36. The third kappa shape index (κ3) is 3.20. The van der Waals surface area contributed by atoms with Crippen LogP contribution in [0.2, 0.25) is 0 Å². The van der Waals surface area contributed by atoms with Gasteiger partial charge in [-0.2, -0.15) is 0 Å². The highest BCUT2D eigenvalue weighted by Gasteiger charge is 2.40. The van der Waals surface area contributed by atoms with Gasteiger partial charge in [0, 0.05) is 35.0 Å². The van der Waals surface area contributed by atoms with Crippen LogP contribution in [0.4, 0.5) is 0 Å². The first-order valence-corrected chi connectivity index (χ1v) is 11.5. The van der Waals surface area contributed by atoms with Crippen molar-refractivity contribution >= 4 is 16.9 Å². The second-order valence-electron chi connectivity index (χ2n) is 9.29. The number of carbonyl (C=O) groups is 1. The zero-order valence-electron chi connectivity index (χ0n) is 18.0. The molecule has 1 saturated carbocycles. The molecular weight excluding hydrogens is 396 g/mol. The van der Waals surface area contributed by atoms with Gasteiger partial charge in [0.05, 0.1) is 5.69 Å². The van der Waals surface area contributed by atoms with Crippen molar-refractivity contribution in [2.45, 2.75) is 37.5 Å². The summed E-state index contributed by atoms with van der Waals surface area (Å²) in [7, 11) is 0. The summed E-state index contributed by atoms with van der Waals surface area (Å²) >= 11 is 0. The molecule has 0 aliphatic heterocycles. The minimum absolute atomic E-state index is 0.149. The Hall–Kier alpha value is -3.47. The van der Waals surface area contributed by atoms with Crippen LogP contribution in [0.1, 0.15) is 36.0 Å². The molecule has 32 heavy (non-hydrogen) atoms. The highest BCUT2D eigenvalue weighted by molar-refractivity contribution is 5.90. The van der Waals surface area contributed by atoms with Crippen LogP contribution in [-0.2, 0) is 23.1 Å². The molecule has 2 aromatic carbocycles. The van der Waals surface area contributed by atoms with Crippen LogP contribution >= 0.6 is 0 Å². The molecule has 5 heteroatoms. The van der Waals surface area contributed by atoms with Crippen molar-refractivity contribution in [1.29, 1.82) is 0 Å². The Morgan fingerprint density at radius 3 is 2.59 bits per heavy atom. The predicted molar refractivity (Wildman–Crippen MR) is 125 cm³/mol. The Bertz CT molecular complexity index is 1280. The van der Waals surface area contributed by atoms with Gasteiger partial charge < -0.3 is 10.3 Å². The van der Waals surface area contributed by atoms with Crippen LogP contribution < -0.4 is 5.32 Å². The zero-order valence-corrected chi connectivity index (χ0v) is 18.0. The molecule has 0 radical (unpaired) electrons. The van der Waals surface area contributed by atoms with E-state index in [0.717, 1.165) is 48.0 Å². The highest BCUT2D eigenvalue weighted by atomic mass is 16.1. The van der Waals surface area contributed by atoms with E-state index in [-0.39, 0.29) is 17.2 Å². The maximum atomic E-state index is 12.7. The van der Waals surface area contributed by atoms with E-state index in [0.29, 0.717) is 6.54 Å². The van der Waals surface area contributed by atoms with Gasteiger partial charge in [-0.25, -0.2) is 9.97 Å². The lowest BCUT2D eigenvalue weighted by Crippen LogP contribution is -2.44. The Labute approximate surface area is 187 Å². The van der Waals surface area contributed by atoms with Crippen molar-refractivity contribution in [3.05, 3.63) is 83.8 Å². The number of aromatic amines is 1. The van der Waals surface area contributed by atoms with Crippen LogP contribution in [0.5, 0.6) is 0 Å². The van der Waals surface area contributed by atoms with Crippen LogP contribution in [-0.4, -0.2) is 27.4 Å². The minimum atomic E-state index is -0.149. The number of nitrogens with zero attached hydrogens (tertiary/aromatic N) is 2. The van der Waals surface area contributed by atoms with E-state index < -0.39 is 0 Å². The van der Waals surface area contributed by atoms with Crippen molar-refractivity contribution in [2.24, 2.45) is 5.92 Å². The zero-order chi connectivity index (χ0) is 21.5. The fourth-order valence-corrected chi connectivity index (χ4v) is 5.30. The number of hydrogen-bond donors (Lipinski definition) is 2. The maximum Gasteiger partial charge on any atom is 0.223 e. The van der Waals surface area contributed by atoms with Crippen molar-refractivity contribution in [1.82, 2.24) is 20.3 Å². The molecular formula is C27H26N4O. The first-order valence-electron chi connectivity index (χ1n) is 11.5. The molecule has 0 bridgehead atoms. The molecule has 160 valence electrons. The number of H-pyrrole nitrogens is 1. The molecule has 2 aliphatic rings. The summed E-state index contributed by atoms with van der Waals surface area (Å²) in [6.45, 7) is 0.657. The fraction of sp³-hybridized carbons (Fsp3) is 0.296. The first-order chi connectivity index (χ1) is 15.7. The van der Waals surface area contributed by atoms with Crippen LogP contribution in [0.15, 0.2) is 67.1 Å². The lowest BCUT2D eigenvalue weighted by molar-refractivity contribution is -0.127. The van der Waals surface area contributed by atoms with Gasteiger partial charge in [0.15, 0.2) is 0 Å². The van der Waals surface area contributed by atoms with E-state index in [4.69, 9.17) is 0 Å². The van der Waals surface area contributed by atoms with Gasteiger partial charge in [0.2, 0.25) is 5.91 Å². The lowest BCUT2D eigenvalue weighted by atomic mass is 9.76. The minimum Gasteiger partial charge on any atom is -0.355 e. The van der Waals surface area contributed by atoms with Crippen LogP contribution in [0.3, 0.4) is 0 Å². The van der Waals surface area contributed by atoms with E-state index in [9.17, 15) is 4.79 Å². The second-order valence-corrected chi connectivity index (χ2v) is 9.29. The molecule has 2 N–H and O–H groups in total. The molecule has 2 aromatic heterocycles. The van der Waals surface area contributed by atoms with E-state index >= 15 is 0 Å². The maximum absolute atomic E-state index is 12.7. The summed E-state index contributed by atoms with van der Waals surface area (Å²) in [4.78, 5) is 24.8. The number of fused-ring (bicyclic) bond motifs is 2. The number of amides is 1.